The normalized spacial score (nSPS) is 11.6. The van der Waals surface area contributed by atoms with Gasteiger partial charge in [-0.15, -0.1) is 0 Å². The van der Waals surface area contributed by atoms with Crippen LogP contribution in [0.1, 0.15) is 0 Å². The third kappa shape index (κ3) is 5.78. The number of hydrogen-bond donors (Lipinski definition) is 0. The molecule has 0 aromatic heterocycles. The maximum Gasteiger partial charge on any atom is 0.0546 e. The van der Waals surface area contributed by atoms with Gasteiger partial charge < -0.3 is 4.90 Å². The lowest BCUT2D eigenvalue weighted by Gasteiger charge is -2.29. The molecule has 0 saturated heterocycles. The Hall–Kier alpha value is -8.00. The van der Waals surface area contributed by atoms with E-state index in [-0.39, 0.29) is 0 Å². The maximum atomic E-state index is 2.47. The Morgan fingerprint density at radius 2 is 0.656 bits per heavy atom. The fraction of sp³-hybridized carbons (Fsp3) is 0. The zero-order chi connectivity index (χ0) is 40.3. The largest absolute Gasteiger partial charge is 0.310 e. The third-order valence-electron chi connectivity index (χ3n) is 12.6. The van der Waals surface area contributed by atoms with Gasteiger partial charge in [0.15, 0.2) is 0 Å². The number of anilines is 3. The molecule has 1 heteroatoms. The standard InChI is InChI=1S/C60H39N/c1-3-17-41(18-4-1)59-55-30-16-14-27-51(55)53-36-35-46(39-57(53)60(59)42-19-5-2-6-20-42)61(58-38-44-22-8-10-24-48(44)50-26-13-15-29-54(50)58)45-33-31-40(32-34-45)56-37-43-21-7-9-23-47(43)49-25-11-12-28-52(49)56/h1-39H. The molecule has 0 aliphatic carbocycles. The summed E-state index contributed by atoms with van der Waals surface area (Å²) in [6.07, 6.45) is 0. The average molecular weight is 774 g/mol. The van der Waals surface area contributed by atoms with Gasteiger partial charge in [-0.25, -0.2) is 0 Å². The topological polar surface area (TPSA) is 3.24 Å². The number of hydrogen-bond acceptors (Lipinski definition) is 1. The lowest BCUT2D eigenvalue weighted by atomic mass is 9.85. The van der Waals surface area contributed by atoms with Crippen molar-refractivity contribution in [1.82, 2.24) is 0 Å². The minimum atomic E-state index is 1.10. The van der Waals surface area contributed by atoms with E-state index in [0.29, 0.717) is 0 Å². The van der Waals surface area contributed by atoms with Crippen LogP contribution in [-0.4, -0.2) is 0 Å². The monoisotopic (exact) mass is 773 g/mol. The molecule has 0 fully saturated rings. The van der Waals surface area contributed by atoms with Crippen LogP contribution in [0.4, 0.5) is 17.1 Å². The Morgan fingerprint density at radius 3 is 1.28 bits per heavy atom. The molecule has 0 amide bonds. The highest BCUT2D eigenvalue weighted by Crippen LogP contribution is 2.48. The van der Waals surface area contributed by atoms with Crippen molar-refractivity contribution in [1.29, 1.82) is 0 Å². The first-order valence-electron chi connectivity index (χ1n) is 21.1. The highest BCUT2D eigenvalue weighted by atomic mass is 15.1. The van der Waals surface area contributed by atoms with Gasteiger partial charge in [-0.2, -0.15) is 0 Å². The molecule has 12 aromatic rings. The minimum absolute atomic E-state index is 1.10. The molecule has 0 heterocycles. The van der Waals surface area contributed by atoms with Crippen LogP contribution in [0.15, 0.2) is 237 Å². The van der Waals surface area contributed by atoms with Crippen LogP contribution in [0.5, 0.6) is 0 Å². The zero-order valence-electron chi connectivity index (χ0n) is 33.5. The second kappa shape index (κ2) is 14.4. The molecule has 0 atom stereocenters. The van der Waals surface area contributed by atoms with Crippen molar-refractivity contribution >= 4 is 81.7 Å². The van der Waals surface area contributed by atoms with E-state index >= 15 is 0 Å². The summed E-state index contributed by atoms with van der Waals surface area (Å²) in [5.41, 5.74) is 10.7. The van der Waals surface area contributed by atoms with Crippen LogP contribution >= 0.6 is 0 Å². The molecule has 0 spiro atoms. The number of nitrogens with zero attached hydrogens (tertiary/aromatic N) is 1. The van der Waals surface area contributed by atoms with Crippen molar-refractivity contribution in [3.8, 4) is 33.4 Å². The van der Waals surface area contributed by atoms with Gasteiger partial charge in [-0.05, 0) is 129 Å². The Morgan fingerprint density at radius 1 is 0.230 bits per heavy atom. The van der Waals surface area contributed by atoms with Crippen molar-refractivity contribution < 1.29 is 0 Å². The molecule has 0 unspecified atom stereocenters. The first kappa shape index (κ1) is 35.0. The number of rotatable bonds is 6. The fourth-order valence-corrected chi connectivity index (χ4v) is 9.86. The second-order valence-corrected chi connectivity index (χ2v) is 16.0. The van der Waals surface area contributed by atoms with Gasteiger partial charge in [-0.1, -0.05) is 200 Å². The number of fused-ring (bicyclic) bond motifs is 9. The van der Waals surface area contributed by atoms with E-state index in [2.05, 4.69) is 241 Å². The van der Waals surface area contributed by atoms with Crippen LogP contribution in [-0.2, 0) is 0 Å². The van der Waals surface area contributed by atoms with Gasteiger partial charge in [0, 0.05) is 16.8 Å². The molecule has 1 nitrogen and oxygen atoms in total. The molecule has 0 aliphatic heterocycles. The van der Waals surface area contributed by atoms with Crippen molar-refractivity contribution in [2.45, 2.75) is 0 Å². The Kier molecular flexibility index (Phi) is 8.25. The van der Waals surface area contributed by atoms with Crippen molar-refractivity contribution in [3.05, 3.63) is 237 Å². The smallest absolute Gasteiger partial charge is 0.0546 e. The molecule has 0 bridgehead atoms. The molecule has 0 saturated carbocycles. The zero-order valence-corrected chi connectivity index (χ0v) is 33.5. The molecule has 0 radical (unpaired) electrons. The molecular weight excluding hydrogens is 735 g/mol. The predicted octanol–water partition coefficient (Wildman–Crippen LogP) is 17.1. The highest BCUT2D eigenvalue weighted by molar-refractivity contribution is 6.23. The van der Waals surface area contributed by atoms with E-state index in [1.165, 1.54) is 98.0 Å². The Balaban J connectivity index is 1.14. The summed E-state index contributed by atoms with van der Waals surface area (Å²) in [7, 11) is 0. The van der Waals surface area contributed by atoms with E-state index in [4.69, 9.17) is 0 Å². The van der Waals surface area contributed by atoms with Gasteiger partial charge in [0.1, 0.15) is 0 Å². The van der Waals surface area contributed by atoms with Crippen LogP contribution in [0.3, 0.4) is 0 Å². The van der Waals surface area contributed by atoms with Gasteiger partial charge in [0.05, 0.1) is 5.69 Å². The van der Waals surface area contributed by atoms with Crippen LogP contribution in [0.25, 0.3) is 98.0 Å². The number of benzene rings is 12. The fourth-order valence-electron chi connectivity index (χ4n) is 9.86. The lowest BCUT2D eigenvalue weighted by Crippen LogP contribution is -2.11. The summed E-state index contributed by atoms with van der Waals surface area (Å²) < 4.78 is 0. The second-order valence-electron chi connectivity index (χ2n) is 16.0. The van der Waals surface area contributed by atoms with Crippen LogP contribution in [0, 0.1) is 0 Å². The SMILES string of the molecule is c1ccc(-c2c(-c3ccccc3)c3cc(N(c4ccc(-c5cc6ccccc6c6ccccc56)cc4)c4cc5ccccc5c5ccccc45)ccc3c3ccccc23)cc1. The van der Waals surface area contributed by atoms with E-state index in [1.807, 2.05) is 0 Å². The van der Waals surface area contributed by atoms with E-state index in [0.717, 1.165) is 17.1 Å². The average Bonchev–Trinajstić information content (AvgIpc) is 3.34. The van der Waals surface area contributed by atoms with Gasteiger partial charge in [-0.3, -0.25) is 0 Å². The molecule has 61 heavy (non-hydrogen) atoms. The van der Waals surface area contributed by atoms with Crippen LogP contribution in [0.2, 0.25) is 0 Å². The maximum absolute atomic E-state index is 2.47. The summed E-state index contributed by atoms with van der Waals surface area (Å²) in [6, 6.07) is 86.9. The van der Waals surface area contributed by atoms with E-state index < -0.39 is 0 Å². The quantitative estimate of drug-likeness (QED) is 0.152. The predicted molar refractivity (Wildman–Crippen MR) is 262 cm³/mol. The third-order valence-corrected chi connectivity index (χ3v) is 12.6. The van der Waals surface area contributed by atoms with Crippen molar-refractivity contribution in [3.63, 3.8) is 0 Å². The first-order chi connectivity index (χ1) is 30.3. The highest BCUT2D eigenvalue weighted by Gasteiger charge is 2.22. The minimum Gasteiger partial charge on any atom is -0.310 e. The van der Waals surface area contributed by atoms with Crippen LogP contribution < -0.4 is 4.90 Å². The molecule has 284 valence electrons. The molecule has 0 aliphatic rings. The molecule has 0 N–H and O–H groups in total. The summed E-state index contributed by atoms with van der Waals surface area (Å²) in [6.45, 7) is 0. The summed E-state index contributed by atoms with van der Waals surface area (Å²) in [5.74, 6) is 0. The summed E-state index contributed by atoms with van der Waals surface area (Å²) in [5, 5.41) is 14.9. The van der Waals surface area contributed by atoms with Crippen molar-refractivity contribution in [2.24, 2.45) is 0 Å². The Bertz CT molecular complexity index is 3630. The molecular formula is C60H39N. The first-order valence-corrected chi connectivity index (χ1v) is 21.1. The van der Waals surface area contributed by atoms with E-state index in [1.54, 1.807) is 0 Å². The van der Waals surface area contributed by atoms with Gasteiger partial charge in [0.25, 0.3) is 0 Å². The van der Waals surface area contributed by atoms with Gasteiger partial charge >= 0.3 is 0 Å². The van der Waals surface area contributed by atoms with Gasteiger partial charge in [0.2, 0.25) is 0 Å². The summed E-state index contributed by atoms with van der Waals surface area (Å²) >= 11 is 0. The lowest BCUT2D eigenvalue weighted by molar-refractivity contribution is 1.31. The van der Waals surface area contributed by atoms with Crippen molar-refractivity contribution in [2.75, 3.05) is 4.90 Å². The molecule has 12 rings (SSSR count). The molecule has 12 aromatic carbocycles. The Labute approximate surface area is 355 Å². The summed E-state index contributed by atoms with van der Waals surface area (Å²) in [4.78, 5) is 2.47. The van der Waals surface area contributed by atoms with E-state index in [9.17, 15) is 0 Å².